The van der Waals surface area contributed by atoms with E-state index in [-0.39, 0.29) is 12.4 Å². The molecule has 0 spiro atoms. The van der Waals surface area contributed by atoms with Crippen molar-refractivity contribution in [1.82, 2.24) is 24.1 Å². The van der Waals surface area contributed by atoms with Gasteiger partial charge in [-0.05, 0) is 45.0 Å². The van der Waals surface area contributed by atoms with Gasteiger partial charge in [0.2, 0.25) is 5.78 Å². The zero-order chi connectivity index (χ0) is 14.2. The summed E-state index contributed by atoms with van der Waals surface area (Å²) in [6.45, 7) is 6.61. The summed E-state index contributed by atoms with van der Waals surface area (Å²) < 4.78 is 4.22. The number of fused-ring (bicyclic) bond motifs is 3. The Balaban J connectivity index is 0.00000144. The molecule has 2 aromatic heterocycles. The van der Waals surface area contributed by atoms with E-state index >= 15 is 0 Å². The number of benzene rings is 1. The van der Waals surface area contributed by atoms with Crippen molar-refractivity contribution in [3.63, 3.8) is 0 Å². The van der Waals surface area contributed by atoms with Crippen LogP contribution < -0.4 is 0 Å². The average Bonchev–Trinajstić information content (AvgIpc) is 3.01. The molecule has 22 heavy (non-hydrogen) atoms. The van der Waals surface area contributed by atoms with Crippen LogP contribution in [0, 0.1) is 6.92 Å². The lowest BCUT2D eigenvalue weighted by molar-refractivity contribution is 0.221. The number of hydrogen-bond acceptors (Lipinski definition) is 3. The standard InChI is InChI=1S/C16H21N5.ClH/c1-13-18-21-15-8-4-3-7-14(15)17-16(21)20(13)12-11-19-9-5-2-6-10-19;/h3-4,7-8H,2,5-6,9-12H2,1H3;1H. The van der Waals surface area contributed by atoms with Gasteiger partial charge in [-0.25, -0.2) is 4.98 Å². The highest BCUT2D eigenvalue weighted by atomic mass is 35.5. The summed E-state index contributed by atoms with van der Waals surface area (Å²) >= 11 is 0. The van der Waals surface area contributed by atoms with E-state index in [2.05, 4.69) is 27.6 Å². The average molecular weight is 320 g/mol. The second-order valence-corrected chi connectivity index (χ2v) is 5.91. The highest BCUT2D eigenvalue weighted by Crippen LogP contribution is 2.17. The Labute approximate surface area is 136 Å². The molecular formula is C16H22ClN5. The van der Waals surface area contributed by atoms with Gasteiger partial charge in [0.1, 0.15) is 5.82 Å². The highest BCUT2D eigenvalue weighted by Gasteiger charge is 2.15. The number of aromatic nitrogens is 4. The van der Waals surface area contributed by atoms with Gasteiger partial charge >= 0.3 is 0 Å². The highest BCUT2D eigenvalue weighted by molar-refractivity contribution is 5.85. The van der Waals surface area contributed by atoms with Crippen LogP contribution in [-0.4, -0.2) is 43.7 Å². The molecule has 0 unspecified atom stereocenters. The molecule has 6 heteroatoms. The van der Waals surface area contributed by atoms with Gasteiger partial charge in [-0.1, -0.05) is 18.6 Å². The van der Waals surface area contributed by atoms with Gasteiger partial charge in [0.05, 0.1) is 11.0 Å². The van der Waals surface area contributed by atoms with E-state index in [4.69, 9.17) is 4.98 Å². The zero-order valence-electron chi connectivity index (χ0n) is 12.9. The van der Waals surface area contributed by atoms with Gasteiger partial charge in [0, 0.05) is 13.1 Å². The third kappa shape index (κ3) is 2.59. The molecule has 1 aliphatic heterocycles. The molecule has 0 bridgehead atoms. The summed E-state index contributed by atoms with van der Waals surface area (Å²) in [6.07, 6.45) is 4.06. The fraction of sp³-hybridized carbons (Fsp3) is 0.500. The number of rotatable bonds is 3. The molecule has 1 fully saturated rings. The van der Waals surface area contributed by atoms with Crippen molar-refractivity contribution in [2.45, 2.75) is 32.7 Å². The summed E-state index contributed by atoms with van der Waals surface area (Å²) in [5, 5.41) is 4.66. The predicted octanol–water partition coefficient (Wildman–Crippen LogP) is 2.90. The number of nitrogens with zero attached hydrogens (tertiary/aromatic N) is 5. The molecule has 0 aliphatic carbocycles. The van der Waals surface area contributed by atoms with E-state index in [1.807, 2.05) is 22.7 Å². The molecule has 1 saturated heterocycles. The SMILES string of the molecule is Cc1nn2c3ccccc3nc2n1CCN1CCCCC1.Cl. The van der Waals surface area contributed by atoms with Crippen molar-refractivity contribution < 1.29 is 0 Å². The van der Waals surface area contributed by atoms with E-state index in [0.717, 1.165) is 35.7 Å². The minimum absolute atomic E-state index is 0. The van der Waals surface area contributed by atoms with Gasteiger partial charge in [-0.3, -0.25) is 4.57 Å². The number of halogens is 1. The second-order valence-electron chi connectivity index (χ2n) is 5.91. The molecule has 0 radical (unpaired) electrons. The molecule has 5 nitrogen and oxygen atoms in total. The fourth-order valence-electron chi connectivity index (χ4n) is 3.30. The number of hydrogen-bond donors (Lipinski definition) is 0. The van der Waals surface area contributed by atoms with Gasteiger partial charge in [0.25, 0.3) is 0 Å². The predicted molar refractivity (Wildman–Crippen MR) is 90.8 cm³/mol. The lowest BCUT2D eigenvalue weighted by atomic mass is 10.1. The quantitative estimate of drug-likeness (QED) is 0.745. The summed E-state index contributed by atoms with van der Waals surface area (Å²) in [5.41, 5.74) is 2.11. The summed E-state index contributed by atoms with van der Waals surface area (Å²) in [4.78, 5) is 7.30. The molecule has 0 amide bonds. The normalized spacial score (nSPS) is 16.2. The van der Waals surface area contributed by atoms with Crippen LogP contribution in [0.3, 0.4) is 0 Å². The summed E-state index contributed by atoms with van der Waals surface area (Å²) in [6, 6.07) is 8.20. The first kappa shape index (κ1) is 15.3. The Hall–Kier alpha value is -1.59. The molecule has 3 heterocycles. The van der Waals surface area contributed by atoms with E-state index in [0.29, 0.717) is 0 Å². The summed E-state index contributed by atoms with van der Waals surface area (Å²) in [7, 11) is 0. The van der Waals surface area contributed by atoms with Crippen LogP contribution in [0.1, 0.15) is 25.1 Å². The Morgan fingerprint density at radius 1 is 1.05 bits per heavy atom. The third-order valence-corrected chi connectivity index (χ3v) is 4.49. The Kier molecular flexibility index (Phi) is 4.36. The molecule has 0 atom stereocenters. The largest absolute Gasteiger partial charge is 0.302 e. The van der Waals surface area contributed by atoms with Gasteiger partial charge in [-0.2, -0.15) is 9.61 Å². The molecule has 118 valence electrons. The topological polar surface area (TPSA) is 38.4 Å². The van der Waals surface area contributed by atoms with E-state index in [9.17, 15) is 0 Å². The Morgan fingerprint density at radius 3 is 2.64 bits per heavy atom. The molecule has 0 N–H and O–H groups in total. The number of imidazole rings is 1. The van der Waals surface area contributed by atoms with Crippen LogP contribution in [-0.2, 0) is 6.54 Å². The Morgan fingerprint density at radius 2 is 1.82 bits per heavy atom. The molecule has 4 rings (SSSR count). The first-order valence-electron chi connectivity index (χ1n) is 7.86. The maximum absolute atomic E-state index is 4.74. The van der Waals surface area contributed by atoms with E-state index < -0.39 is 0 Å². The number of likely N-dealkylation sites (tertiary alicyclic amines) is 1. The first-order valence-corrected chi connectivity index (χ1v) is 7.86. The Bertz CT molecular complexity index is 769. The van der Waals surface area contributed by atoms with Crippen molar-refractivity contribution in [3.8, 4) is 0 Å². The molecule has 3 aromatic rings. The van der Waals surface area contributed by atoms with Crippen molar-refractivity contribution in [3.05, 3.63) is 30.1 Å². The lowest BCUT2D eigenvalue weighted by Crippen LogP contribution is -2.32. The van der Waals surface area contributed by atoms with Crippen LogP contribution in [0.25, 0.3) is 16.8 Å². The van der Waals surface area contributed by atoms with Crippen molar-refractivity contribution in [1.29, 1.82) is 0 Å². The van der Waals surface area contributed by atoms with Crippen LogP contribution in [0.2, 0.25) is 0 Å². The number of aryl methyl sites for hydroxylation is 1. The third-order valence-electron chi connectivity index (χ3n) is 4.49. The van der Waals surface area contributed by atoms with Gasteiger partial charge < -0.3 is 4.90 Å². The van der Waals surface area contributed by atoms with Crippen molar-refractivity contribution in [2.75, 3.05) is 19.6 Å². The smallest absolute Gasteiger partial charge is 0.233 e. The monoisotopic (exact) mass is 319 g/mol. The minimum atomic E-state index is 0. The molecule has 0 saturated carbocycles. The van der Waals surface area contributed by atoms with Crippen molar-refractivity contribution in [2.24, 2.45) is 0 Å². The second kappa shape index (κ2) is 6.26. The first-order chi connectivity index (χ1) is 10.3. The number of para-hydroxylation sites is 2. The maximum Gasteiger partial charge on any atom is 0.233 e. The van der Waals surface area contributed by atoms with Gasteiger partial charge in [-0.15, -0.1) is 12.4 Å². The fourth-order valence-corrected chi connectivity index (χ4v) is 3.30. The maximum atomic E-state index is 4.74. The van der Waals surface area contributed by atoms with E-state index in [1.165, 1.54) is 32.4 Å². The van der Waals surface area contributed by atoms with Crippen LogP contribution >= 0.6 is 12.4 Å². The molecule has 1 aromatic carbocycles. The number of piperidine rings is 1. The van der Waals surface area contributed by atoms with Crippen molar-refractivity contribution >= 4 is 29.2 Å². The summed E-state index contributed by atoms with van der Waals surface area (Å²) in [5.74, 6) is 2.01. The van der Waals surface area contributed by atoms with Crippen LogP contribution in [0.15, 0.2) is 24.3 Å². The van der Waals surface area contributed by atoms with Crippen LogP contribution in [0.5, 0.6) is 0 Å². The minimum Gasteiger partial charge on any atom is -0.302 e. The molecular weight excluding hydrogens is 298 g/mol. The molecule has 1 aliphatic rings. The van der Waals surface area contributed by atoms with Gasteiger partial charge in [0.15, 0.2) is 0 Å². The van der Waals surface area contributed by atoms with Crippen LogP contribution in [0.4, 0.5) is 0 Å². The zero-order valence-corrected chi connectivity index (χ0v) is 13.7. The van der Waals surface area contributed by atoms with E-state index in [1.54, 1.807) is 0 Å². The lowest BCUT2D eigenvalue weighted by Gasteiger charge is -2.26.